The van der Waals surface area contributed by atoms with E-state index in [1.165, 1.54) is 0 Å². The first kappa shape index (κ1) is 12.3. The molecule has 0 aliphatic heterocycles. The van der Waals surface area contributed by atoms with E-state index in [0.717, 1.165) is 0 Å². The van der Waals surface area contributed by atoms with Crippen molar-refractivity contribution in [1.29, 1.82) is 0 Å². The monoisotopic (exact) mass is 251 g/mol. The van der Waals surface area contributed by atoms with Crippen molar-refractivity contribution >= 4 is 23.8 Å². The Bertz CT molecular complexity index is 464. The first-order valence-corrected chi connectivity index (χ1v) is 4.22. The second-order valence-electron chi connectivity index (χ2n) is 2.62. The lowest BCUT2D eigenvalue weighted by Gasteiger charge is -2.02. The summed E-state index contributed by atoms with van der Waals surface area (Å²) in [5, 5.41) is 2.26. The Morgan fingerprint density at radius 3 is 2.62 bits per heavy atom. The van der Waals surface area contributed by atoms with Crippen LogP contribution >= 0.6 is 11.6 Å². The normalized spacial score (nSPS) is 10.8. The van der Waals surface area contributed by atoms with Crippen LogP contribution in [-0.4, -0.2) is 12.2 Å². The van der Waals surface area contributed by atoms with Gasteiger partial charge in [0, 0.05) is 6.07 Å². The van der Waals surface area contributed by atoms with E-state index in [4.69, 9.17) is 11.6 Å². The number of urea groups is 1. The maximum atomic E-state index is 13.2. The van der Waals surface area contributed by atoms with Gasteiger partial charge in [-0.25, -0.2) is 23.4 Å². The fraction of sp³-hybridized carbons (Fsp3) is 0. The van der Waals surface area contributed by atoms with E-state index in [0.29, 0.717) is 12.3 Å². The van der Waals surface area contributed by atoms with E-state index in [1.807, 2.05) is 0 Å². The molecule has 0 saturated heterocycles. The van der Waals surface area contributed by atoms with Crippen LogP contribution in [0.15, 0.2) is 11.2 Å². The smallest absolute Gasteiger partial charge is 0.332 e. The van der Waals surface area contributed by atoms with Crippen LogP contribution in [-0.2, 0) is 0 Å². The van der Waals surface area contributed by atoms with Crippen molar-refractivity contribution in [3.05, 3.63) is 34.1 Å². The van der Waals surface area contributed by atoms with Gasteiger partial charge in [-0.3, -0.25) is 0 Å². The van der Waals surface area contributed by atoms with Gasteiger partial charge >= 0.3 is 6.03 Å². The highest BCUT2D eigenvalue weighted by atomic mass is 35.5. The van der Waals surface area contributed by atoms with Crippen LogP contribution in [0.25, 0.3) is 0 Å². The van der Waals surface area contributed by atoms with E-state index in [1.54, 1.807) is 5.43 Å². The molecule has 86 valence electrons. The van der Waals surface area contributed by atoms with Gasteiger partial charge in [0.1, 0.15) is 16.7 Å². The Hall–Kier alpha value is -1.76. The third-order valence-electron chi connectivity index (χ3n) is 1.52. The molecule has 0 bridgehead atoms. The lowest BCUT2D eigenvalue weighted by molar-refractivity contribution is 0.249. The first-order chi connectivity index (χ1) is 7.43. The van der Waals surface area contributed by atoms with Gasteiger partial charge in [0.05, 0.1) is 11.8 Å². The molecule has 0 unspecified atom stereocenters. The second kappa shape index (κ2) is 4.84. The van der Waals surface area contributed by atoms with Gasteiger partial charge in [-0.2, -0.15) is 5.10 Å². The number of nitrogens with one attached hydrogen (secondary N) is 1. The Morgan fingerprint density at radius 2 is 2.06 bits per heavy atom. The molecule has 1 aromatic carbocycles. The predicted octanol–water partition coefficient (Wildman–Crippen LogP) is 1.76. The fourth-order valence-electron chi connectivity index (χ4n) is 0.859. The second-order valence-corrected chi connectivity index (χ2v) is 2.99. The van der Waals surface area contributed by atoms with Gasteiger partial charge < -0.3 is 5.73 Å². The third kappa shape index (κ3) is 2.63. The molecule has 3 N–H and O–H groups in total. The molecule has 8 heteroatoms. The van der Waals surface area contributed by atoms with Gasteiger partial charge in [-0.05, 0) is 0 Å². The Kier molecular flexibility index (Phi) is 3.73. The van der Waals surface area contributed by atoms with Gasteiger partial charge in [0.25, 0.3) is 0 Å². The number of hydrazone groups is 1. The summed E-state index contributed by atoms with van der Waals surface area (Å²) in [6.45, 7) is 0. The molecular weight excluding hydrogens is 247 g/mol. The highest BCUT2D eigenvalue weighted by molar-refractivity contribution is 6.31. The minimum atomic E-state index is -1.31. The number of hydrogen-bond acceptors (Lipinski definition) is 2. The number of primary amides is 1. The SMILES string of the molecule is NC(=O)NN=Cc1c(F)cc(F)c(Cl)c1F. The zero-order valence-electron chi connectivity index (χ0n) is 7.60. The van der Waals surface area contributed by atoms with Crippen LogP contribution in [0, 0.1) is 17.5 Å². The average Bonchev–Trinajstić information content (AvgIpc) is 2.19. The lowest BCUT2D eigenvalue weighted by Crippen LogP contribution is -2.24. The number of amides is 2. The summed E-state index contributed by atoms with van der Waals surface area (Å²) in [5.41, 5.74) is 5.69. The van der Waals surface area contributed by atoms with Crippen LogP contribution < -0.4 is 11.2 Å². The van der Waals surface area contributed by atoms with Crippen molar-refractivity contribution in [3.63, 3.8) is 0 Å². The molecule has 0 aromatic heterocycles. The van der Waals surface area contributed by atoms with Crippen molar-refractivity contribution in [1.82, 2.24) is 5.43 Å². The summed E-state index contributed by atoms with van der Waals surface area (Å²) in [7, 11) is 0. The molecule has 0 atom stereocenters. The molecule has 4 nitrogen and oxygen atoms in total. The molecule has 0 aliphatic rings. The zero-order valence-corrected chi connectivity index (χ0v) is 8.36. The van der Waals surface area contributed by atoms with Crippen LogP contribution in [0.5, 0.6) is 0 Å². The number of carbonyl (C=O) groups excluding carboxylic acids is 1. The minimum absolute atomic E-state index is 0.400. The van der Waals surface area contributed by atoms with Crippen LogP contribution in [0.3, 0.4) is 0 Å². The molecule has 2 amide bonds. The molecule has 1 aromatic rings. The summed E-state index contributed by atoms with van der Waals surface area (Å²) in [4.78, 5) is 10.2. The minimum Gasteiger partial charge on any atom is -0.350 e. The van der Waals surface area contributed by atoms with Crippen LogP contribution in [0.1, 0.15) is 5.56 Å². The van der Waals surface area contributed by atoms with E-state index in [-0.39, 0.29) is 0 Å². The summed E-state index contributed by atoms with van der Waals surface area (Å²) in [5.74, 6) is -3.74. The third-order valence-corrected chi connectivity index (χ3v) is 1.86. The highest BCUT2D eigenvalue weighted by Crippen LogP contribution is 2.23. The van der Waals surface area contributed by atoms with Crippen molar-refractivity contribution < 1.29 is 18.0 Å². The quantitative estimate of drug-likeness (QED) is 0.358. The molecule has 0 heterocycles. The number of hydrogen-bond donors (Lipinski definition) is 2. The van der Waals surface area contributed by atoms with Gasteiger partial charge in [0.2, 0.25) is 0 Å². The summed E-state index contributed by atoms with van der Waals surface area (Å²) >= 11 is 5.21. The largest absolute Gasteiger partial charge is 0.350 e. The van der Waals surface area contributed by atoms with Gasteiger partial charge in [-0.1, -0.05) is 11.6 Å². The van der Waals surface area contributed by atoms with E-state index < -0.39 is 34.1 Å². The Balaban J connectivity index is 3.09. The maximum absolute atomic E-state index is 13.2. The van der Waals surface area contributed by atoms with Crippen molar-refractivity contribution in [2.24, 2.45) is 10.8 Å². The highest BCUT2D eigenvalue weighted by Gasteiger charge is 2.15. The molecule has 1 rings (SSSR count). The van der Waals surface area contributed by atoms with Crippen molar-refractivity contribution in [2.45, 2.75) is 0 Å². The van der Waals surface area contributed by atoms with E-state index in [9.17, 15) is 18.0 Å². The Labute approximate surface area is 92.9 Å². The van der Waals surface area contributed by atoms with E-state index in [2.05, 4.69) is 10.8 Å². The topological polar surface area (TPSA) is 67.5 Å². The average molecular weight is 252 g/mol. The van der Waals surface area contributed by atoms with E-state index >= 15 is 0 Å². The molecule has 0 aliphatic carbocycles. The summed E-state index contributed by atoms with van der Waals surface area (Å²) in [6.07, 6.45) is 0.626. The molecule has 16 heavy (non-hydrogen) atoms. The predicted molar refractivity (Wildman–Crippen MR) is 51.6 cm³/mol. The summed E-state index contributed by atoms with van der Waals surface area (Å²) in [6, 6.07) is -0.609. The van der Waals surface area contributed by atoms with Gasteiger partial charge in [-0.15, -0.1) is 0 Å². The number of carbonyl (C=O) groups is 1. The number of halogens is 4. The van der Waals surface area contributed by atoms with Crippen LogP contribution in [0.4, 0.5) is 18.0 Å². The number of nitrogens with two attached hydrogens (primary N) is 1. The number of benzene rings is 1. The maximum Gasteiger partial charge on any atom is 0.332 e. The standard InChI is InChI=1S/C8H5ClF3N3O/c9-6-5(11)1-4(10)3(7(6)12)2-14-15-8(13)16/h1-2H,(H3,13,15,16). The molecule has 0 saturated carbocycles. The summed E-state index contributed by atoms with van der Waals surface area (Å²) < 4.78 is 39.0. The van der Waals surface area contributed by atoms with Gasteiger partial charge in [0.15, 0.2) is 5.82 Å². The number of rotatable bonds is 2. The van der Waals surface area contributed by atoms with Crippen molar-refractivity contribution in [2.75, 3.05) is 0 Å². The molecular formula is C8H5ClF3N3O. The Morgan fingerprint density at radius 1 is 1.44 bits per heavy atom. The van der Waals surface area contributed by atoms with Crippen LogP contribution in [0.2, 0.25) is 5.02 Å². The molecule has 0 radical (unpaired) electrons. The van der Waals surface area contributed by atoms with Crippen molar-refractivity contribution in [3.8, 4) is 0 Å². The molecule has 0 fully saturated rings. The lowest BCUT2D eigenvalue weighted by atomic mass is 10.2. The fourth-order valence-corrected chi connectivity index (χ4v) is 1.02. The molecule has 0 spiro atoms. The number of nitrogens with zero attached hydrogens (tertiary/aromatic N) is 1. The first-order valence-electron chi connectivity index (χ1n) is 3.85. The zero-order chi connectivity index (χ0) is 12.3.